The molecule has 0 bridgehead atoms. The molecule has 1 saturated carbocycles. The zero-order chi connectivity index (χ0) is 19.7. The minimum Gasteiger partial charge on any atom is -0.508 e. The molecule has 3 aromatic rings. The maximum atomic E-state index is 9.65. The highest BCUT2D eigenvalue weighted by molar-refractivity contribution is 5.83. The summed E-state index contributed by atoms with van der Waals surface area (Å²) in [4.78, 5) is 0. The first-order valence-corrected chi connectivity index (χ1v) is 10.1. The molecule has 0 radical (unpaired) electrons. The Morgan fingerprint density at radius 3 is 2.29 bits per heavy atom. The first kappa shape index (κ1) is 18.8. The Labute approximate surface area is 166 Å². The molecule has 0 aliphatic heterocycles. The number of aromatic hydroxyl groups is 1. The van der Waals surface area contributed by atoms with E-state index >= 15 is 0 Å². The van der Waals surface area contributed by atoms with Crippen molar-refractivity contribution in [2.24, 2.45) is 5.92 Å². The first-order valence-electron chi connectivity index (χ1n) is 10.1. The summed E-state index contributed by atoms with van der Waals surface area (Å²) < 4.78 is 6.00. The Hall–Kier alpha value is -2.59. The van der Waals surface area contributed by atoms with E-state index in [1.807, 2.05) is 30.3 Å². The molecule has 1 fully saturated rings. The molecule has 1 aliphatic carbocycles. The second-order valence-electron chi connectivity index (χ2n) is 8.34. The fourth-order valence-electron chi connectivity index (χ4n) is 3.57. The van der Waals surface area contributed by atoms with Crippen molar-refractivity contribution in [2.45, 2.75) is 45.1 Å². The monoisotopic (exact) mass is 376 g/mol. The van der Waals surface area contributed by atoms with Crippen molar-refractivity contribution in [1.82, 2.24) is 10.5 Å². The number of rotatable bonds is 7. The minimum absolute atomic E-state index is 0.0104. The summed E-state index contributed by atoms with van der Waals surface area (Å²) in [6.45, 7) is 7.62. The van der Waals surface area contributed by atoms with E-state index < -0.39 is 0 Å². The van der Waals surface area contributed by atoms with Gasteiger partial charge >= 0.3 is 0 Å². The summed E-state index contributed by atoms with van der Waals surface area (Å²) in [7, 11) is 0. The highest BCUT2D eigenvalue weighted by Crippen LogP contribution is 2.53. The molecule has 0 spiro atoms. The van der Waals surface area contributed by atoms with E-state index in [4.69, 9.17) is 4.52 Å². The number of phenols is 1. The van der Waals surface area contributed by atoms with Gasteiger partial charge in [0.1, 0.15) is 11.4 Å². The van der Waals surface area contributed by atoms with Gasteiger partial charge in [-0.3, -0.25) is 0 Å². The number of benzene rings is 2. The lowest BCUT2D eigenvalue weighted by molar-refractivity contribution is 0.332. The predicted octanol–water partition coefficient (Wildman–Crippen LogP) is 5.38. The van der Waals surface area contributed by atoms with Gasteiger partial charge in [-0.15, -0.1) is 0 Å². The molecular weight excluding hydrogens is 348 g/mol. The van der Waals surface area contributed by atoms with Crippen LogP contribution < -0.4 is 5.32 Å². The van der Waals surface area contributed by atoms with Gasteiger partial charge < -0.3 is 14.9 Å². The normalized spacial score (nSPS) is 16.3. The largest absolute Gasteiger partial charge is 0.508 e. The quantitative estimate of drug-likeness (QED) is 0.581. The predicted molar refractivity (Wildman–Crippen MR) is 112 cm³/mol. The van der Waals surface area contributed by atoms with Crippen LogP contribution >= 0.6 is 0 Å². The fourth-order valence-corrected chi connectivity index (χ4v) is 3.57. The van der Waals surface area contributed by atoms with Gasteiger partial charge in [0.25, 0.3) is 0 Å². The lowest BCUT2D eigenvalue weighted by Gasteiger charge is -2.22. The second kappa shape index (κ2) is 7.44. The van der Waals surface area contributed by atoms with E-state index in [-0.39, 0.29) is 11.2 Å². The third-order valence-electron chi connectivity index (χ3n) is 5.99. The highest BCUT2D eigenvalue weighted by atomic mass is 16.5. The first-order chi connectivity index (χ1) is 13.5. The molecule has 1 unspecified atom stereocenters. The van der Waals surface area contributed by atoms with Gasteiger partial charge in [-0.05, 0) is 55.5 Å². The highest BCUT2D eigenvalue weighted by Gasteiger charge is 2.50. The fraction of sp³-hybridized carbons (Fsp3) is 0.375. The van der Waals surface area contributed by atoms with Crippen molar-refractivity contribution in [3.63, 3.8) is 0 Å². The van der Waals surface area contributed by atoms with Crippen LogP contribution in [0.3, 0.4) is 0 Å². The smallest absolute Gasteiger partial charge is 0.152 e. The summed E-state index contributed by atoms with van der Waals surface area (Å²) in [6.07, 6.45) is 2.21. The average Bonchev–Trinajstić information content (AvgIpc) is 3.36. The number of phenolic OH excluding ortho intramolecular Hbond substituents is 1. The Bertz CT molecular complexity index is 925. The standard InChI is InChI=1S/C24H28N2O2/c1-16(2)17(3)25-15-24(13-14-24)23-21(18-7-5-4-6-8-18)22(26-28-23)19-9-11-20(27)12-10-19/h4-12,16-17,25,27H,13-15H2,1-3H3. The van der Waals surface area contributed by atoms with Gasteiger partial charge in [-0.2, -0.15) is 0 Å². The van der Waals surface area contributed by atoms with Crippen LogP contribution in [0.5, 0.6) is 5.75 Å². The Balaban J connectivity index is 1.75. The van der Waals surface area contributed by atoms with E-state index in [1.54, 1.807) is 12.1 Å². The van der Waals surface area contributed by atoms with E-state index in [9.17, 15) is 5.11 Å². The number of hydrogen-bond acceptors (Lipinski definition) is 4. The second-order valence-corrected chi connectivity index (χ2v) is 8.34. The van der Waals surface area contributed by atoms with Crippen LogP contribution in [0.1, 0.15) is 39.4 Å². The molecule has 28 heavy (non-hydrogen) atoms. The molecule has 4 rings (SSSR count). The van der Waals surface area contributed by atoms with Crippen LogP contribution in [0, 0.1) is 5.92 Å². The van der Waals surface area contributed by atoms with Gasteiger partial charge in [0.05, 0.1) is 5.56 Å². The molecule has 0 amide bonds. The van der Waals surface area contributed by atoms with Crippen LogP contribution in [-0.2, 0) is 5.41 Å². The average molecular weight is 377 g/mol. The number of hydrogen-bond donors (Lipinski definition) is 2. The molecule has 146 valence electrons. The van der Waals surface area contributed by atoms with Gasteiger partial charge in [-0.25, -0.2) is 0 Å². The van der Waals surface area contributed by atoms with Crippen LogP contribution in [0.15, 0.2) is 59.1 Å². The topological polar surface area (TPSA) is 58.3 Å². The van der Waals surface area contributed by atoms with Crippen molar-refractivity contribution in [3.8, 4) is 28.1 Å². The molecule has 4 heteroatoms. The van der Waals surface area contributed by atoms with Crippen molar-refractivity contribution in [1.29, 1.82) is 0 Å². The van der Waals surface area contributed by atoms with E-state index in [0.717, 1.165) is 47.5 Å². The molecule has 1 atom stereocenters. The Morgan fingerprint density at radius 1 is 1.00 bits per heavy atom. The molecule has 1 aliphatic rings. The van der Waals surface area contributed by atoms with Crippen LogP contribution in [0.2, 0.25) is 0 Å². The van der Waals surface area contributed by atoms with Crippen LogP contribution in [-0.4, -0.2) is 22.8 Å². The third-order valence-corrected chi connectivity index (χ3v) is 5.99. The molecule has 1 aromatic heterocycles. The van der Waals surface area contributed by atoms with Gasteiger partial charge in [-0.1, -0.05) is 49.3 Å². The van der Waals surface area contributed by atoms with Gasteiger partial charge in [0.15, 0.2) is 5.76 Å². The van der Waals surface area contributed by atoms with E-state index in [1.165, 1.54) is 0 Å². The molecule has 2 N–H and O–H groups in total. The summed E-state index contributed by atoms with van der Waals surface area (Å²) in [5, 5.41) is 17.8. The Morgan fingerprint density at radius 2 is 1.68 bits per heavy atom. The lowest BCUT2D eigenvalue weighted by atomic mass is 9.91. The molecule has 4 nitrogen and oxygen atoms in total. The van der Waals surface area contributed by atoms with Crippen LogP contribution in [0.25, 0.3) is 22.4 Å². The van der Waals surface area contributed by atoms with Gasteiger partial charge in [0.2, 0.25) is 0 Å². The maximum absolute atomic E-state index is 9.65. The molecule has 0 saturated heterocycles. The number of aromatic nitrogens is 1. The van der Waals surface area contributed by atoms with Crippen molar-refractivity contribution < 1.29 is 9.63 Å². The van der Waals surface area contributed by atoms with Crippen molar-refractivity contribution in [2.75, 3.05) is 6.54 Å². The summed E-state index contributed by atoms with van der Waals surface area (Å²) in [6, 6.07) is 18.0. The lowest BCUT2D eigenvalue weighted by Crippen LogP contribution is -2.36. The van der Waals surface area contributed by atoms with E-state index in [0.29, 0.717) is 12.0 Å². The summed E-state index contributed by atoms with van der Waals surface area (Å²) >= 11 is 0. The summed E-state index contributed by atoms with van der Waals surface area (Å²) in [5.74, 6) is 1.82. The van der Waals surface area contributed by atoms with E-state index in [2.05, 4.69) is 43.4 Å². The minimum atomic E-state index is 0.0104. The number of nitrogens with zero attached hydrogens (tertiary/aromatic N) is 1. The third kappa shape index (κ3) is 3.57. The Kier molecular flexibility index (Phi) is 4.98. The molecular formula is C24H28N2O2. The summed E-state index contributed by atoms with van der Waals surface area (Å²) in [5.41, 5.74) is 3.99. The van der Waals surface area contributed by atoms with Crippen molar-refractivity contribution in [3.05, 3.63) is 60.4 Å². The maximum Gasteiger partial charge on any atom is 0.152 e. The zero-order valence-electron chi connectivity index (χ0n) is 16.8. The zero-order valence-corrected chi connectivity index (χ0v) is 16.8. The molecule has 1 heterocycles. The SMILES string of the molecule is CC(C)C(C)NCC1(c2onc(-c3ccc(O)cc3)c2-c2ccccc2)CC1. The van der Waals surface area contributed by atoms with Crippen molar-refractivity contribution >= 4 is 0 Å². The molecule has 2 aromatic carbocycles. The number of nitrogens with one attached hydrogen (secondary N) is 1. The van der Waals surface area contributed by atoms with Crippen LogP contribution in [0.4, 0.5) is 0 Å². The van der Waals surface area contributed by atoms with Gasteiger partial charge in [0, 0.05) is 23.6 Å².